The van der Waals surface area contributed by atoms with Crippen molar-refractivity contribution >= 4 is 27.2 Å². The van der Waals surface area contributed by atoms with Crippen LogP contribution in [-0.2, 0) is 6.61 Å². The molecule has 0 bridgehead atoms. The lowest BCUT2D eigenvalue weighted by atomic mass is 10.1. The zero-order chi connectivity index (χ0) is 10.8. The van der Waals surface area contributed by atoms with Gasteiger partial charge in [-0.05, 0) is 23.1 Å². The molecule has 3 heteroatoms. The third-order valence-corrected chi connectivity index (χ3v) is 3.50. The average Bonchev–Trinajstić information content (AvgIpc) is 2.70. The summed E-state index contributed by atoms with van der Waals surface area (Å²) in [6.07, 6.45) is 0.541. The molecule has 2 nitrogen and oxygen atoms in total. The van der Waals surface area contributed by atoms with Crippen LogP contribution >= 0.6 is 11.3 Å². The average molecular weight is 220 g/mol. The largest absolute Gasteiger partial charge is 0.392 e. The molecule has 0 radical (unpaired) electrons. The number of aliphatic hydroxyl groups excluding tert-OH is 1. The number of carbonyl (C=O) groups excluding carboxylic acids is 1. The van der Waals surface area contributed by atoms with E-state index in [1.54, 1.807) is 0 Å². The van der Waals surface area contributed by atoms with E-state index in [1.807, 2.05) is 31.2 Å². The summed E-state index contributed by atoms with van der Waals surface area (Å²) in [7, 11) is 0. The van der Waals surface area contributed by atoms with Crippen LogP contribution < -0.4 is 0 Å². The SMILES string of the molecule is CCC(=O)c1cc2ccc(CO)cc2s1. The van der Waals surface area contributed by atoms with Gasteiger partial charge in [-0.1, -0.05) is 19.1 Å². The van der Waals surface area contributed by atoms with Crippen molar-refractivity contribution in [3.8, 4) is 0 Å². The van der Waals surface area contributed by atoms with Gasteiger partial charge in [0.2, 0.25) is 0 Å². The molecule has 78 valence electrons. The van der Waals surface area contributed by atoms with Gasteiger partial charge in [-0.3, -0.25) is 4.79 Å². The molecule has 0 atom stereocenters. The molecule has 1 heterocycles. The van der Waals surface area contributed by atoms with Crippen LogP contribution in [0.5, 0.6) is 0 Å². The third-order valence-electron chi connectivity index (χ3n) is 2.36. The van der Waals surface area contributed by atoms with E-state index in [0.29, 0.717) is 6.42 Å². The number of Topliss-reactive ketones (excluding diaryl/α,β-unsaturated/α-hetero) is 1. The van der Waals surface area contributed by atoms with Crippen molar-refractivity contribution in [3.63, 3.8) is 0 Å². The summed E-state index contributed by atoms with van der Waals surface area (Å²) in [5.74, 6) is 0.182. The van der Waals surface area contributed by atoms with Gasteiger partial charge in [0, 0.05) is 11.1 Å². The highest BCUT2D eigenvalue weighted by Gasteiger charge is 2.08. The quantitative estimate of drug-likeness (QED) is 0.807. The smallest absolute Gasteiger partial charge is 0.172 e. The summed E-state index contributed by atoms with van der Waals surface area (Å²) < 4.78 is 1.07. The summed E-state index contributed by atoms with van der Waals surface area (Å²) in [6.45, 7) is 1.91. The minimum Gasteiger partial charge on any atom is -0.392 e. The normalized spacial score (nSPS) is 10.8. The molecular formula is C12H12O2S. The molecule has 0 saturated carbocycles. The lowest BCUT2D eigenvalue weighted by molar-refractivity contribution is 0.0992. The maximum atomic E-state index is 11.5. The second-order valence-corrected chi connectivity index (χ2v) is 4.50. The fourth-order valence-corrected chi connectivity index (χ4v) is 2.62. The lowest BCUT2D eigenvalue weighted by Gasteiger charge is -1.93. The first-order valence-electron chi connectivity index (χ1n) is 4.91. The van der Waals surface area contributed by atoms with E-state index in [-0.39, 0.29) is 12.4 Å². The molecule has 1 N–H and O–H groups in total. The molecule has 2 aromatic rings. The number of aliphatic hydroxyl groups is 1. The van der Waals surface area contributed by atoms with Gasteiger partial charge >= 0.3 is 0 Å². The Morgan fingerprint density at radius 2 is 2.20 bits per heavy atom. The van der Waals surface area contributed by atoms with E-state index in [9.17, 15) is 4.79 Å². The predicted octanol–water partition coefficient (Wildman–Crippen LogP) is 2.99. The van der Waals surface area contributed by atoms with Gasteiger partial charge in [0.25, 0.3) is 0 Å². The molecule has 0 aliphatic rings. The Hall–Kier alpha value is -1.19. The Kier molecular flexibility index (Phi) is 2.84. The molecule has 0 aliphatic carbocycles. The summed E-state index contributed by atoms with van der Waals surface area (Å²) in [6, 6.07) is 7.69. The topological polar surface area (TPSA) is 37.3 Å². The van der Waals surface area contributed by atoms with Crippen molar-refractivity contribution in [1.82, 2.24) is 0 Å². The molecule has 1 aromatic heterocycles. The molecule has 2 rings (SSSR count). The van der Waals surface area contributed by atoms with Crippen molar-refractivity contribution in [3.05, 3.63) is 34.7 Å². The van der Waals surface area contributed by atoms with E-state index in [4.69, 9.17) is 5.11 Å². The molecule has 0 unspecified atom stereocenters. The minimum absolute atomic E-state index is 0.0465. The minimum atomic E-state index is 0.0465. The van der Waals surface area contributed by atoms with Crippen LogP contribution in [0.2, 0.25) is 0 Å². The highest BCUT2D eigenvalue weighted by Crippen LogP contribution is 2.27. The van der Waals surface area contributed by atoms with Crippen LogP contribution in [0.15, 0.2) is 24.3 Å². The number of hydrogen-bond donors (Lipinski definition) is 1. The van der Waals surface area contributed by atoms with Crippen LogP contribution in [0, 0.1) is 0 Å². The van der Waals surface area contributed by atoms with Gasteiger partial charge in [-0.2, -0.15) is 0 Å². The number of hydrogen-bond acceptors (Lipinski definition) is 3. The van der Waals surface area contributed by atoms with Crippen LogP contribution in [0.25, 0.3) is 10.1 Å². The summed E-state index contributed by atoms with van der Waals surface area (Å²) in [5.41, 5.74) is 0.889. The number of carbonyl (C=O) groups is 1. The first-order chi connectivity index (χ1) is 7.24. The number of fused-ring (bicyclic) bond motifs is 1. The Bertz CT molecular complexity index is 499. The van der Waals surface area contributed by atoms with Crippen LogP contribution in [-0.4, -0.2) is 10.9 Å². The number of thiophene rings is 1. The summed E-state index contributed by atoms with van der Waals surface area (Å²) in [5, 5.41) is 10.1. The molecule has 0 saturated heterocycles. The molecular weight excluding hydrogens is 208 g/mol. The highest BCUT2D eigenvalue weighted by atomic mass is 32.1. The maximum absolute atomic E-state index is 11.5. The van der Waals surface area contributed by atoms with Crippen molar-refractivity contribution in [2.24, 2.45) is 0 Å². The Morgan fingerprint density at radius 1 is 1.40 bits per heavy atom. The molecule has 0 fully saturated rings. The van der Waals surface area contributed by atoms with Crippen molar-refractivity contribution in [2.75, 3.05) is 0 Å². The highest BCUT2D eigenvalue weighted by molar-refractivity contribution is 7.20. The number of benzene rings is 1. The fourth-order valence-electron chi connectivity index (χ4n) is 1.49. The Balaban J connectivity index is 2.51. The van der Waals surface area contributed by atoms with Gasteiger partial charge < -0.3 is 5.11 Å². The Morgan fingerprint density at radius 3 is 2.87 bits per heavy atom. The van der Waals surface area contributed by atoms with Crippen LogP contribution in [0.4, 0.5) is 0 Å². The first-order valence-corrected chi connectivity index (χ1v) is 5.72. The van der Waals surface area contributed by atoms with Crippen molar-refractivity contribution < 1.29 is 9.90 Å². The van der Waals surface area contributed by atoms with E-state index in [2.05, 4.69) is 0 Å². The third kappa shape index (κ3) is 1.94. The monoisotopic (exact) mass is 220 g/mol. The summed E-state index contributed by atoms with van der Waals surface area (Å²) in [4.78, 5) is 12.3. The molecule has 15 heavy (non-hydrogen) atoms. The van der Waals surface area contributed by atoms with E-state index in [0.717, 1.165) is 20.5 Å². The number of rotatable bonds is 3. The van der Waals surface area contributed by atoms with Crippen LogP contribution in [0.3, 0.4) is 0 Å². The maximum Gasteiger partial charge on any atom is 0.172 e. The van der Waals surface area contributed by atoms with Gasteiger partial charge in [-0.25, -0.2) is 0 Å². The standard InChI is InChI=1S/C12H12O2S/c1-2-10(14)12-6-9-4-3-8(7-13)5-11(9)15-12/h3-6,13H,2,7H2,1H3. The molecule has 1 aromatic carbocycles. The second kappa shape index (κ2) is 4.13. The molecule has 0 amide bonds. The lowest BCUT2D eigenvalue weighted by Crippen LogP contribution is -1.90. The van der Waals surface area contributed by atoms with Gasteiger partial charge in [0.15, 0.2) is 5.78 Å². The Labute approximate surface area is 92.2 Å². The van der Waals surface area contributed by atoms with Crippen LogP contribution in [0.1, 0.15) is 28.6 Å². The zero-order valence-corrected chi connectivity index (χ0v) is 9.30. The van der Waals surface area contributed by atoms with Crippen molar-refractivity contribution in [2.45, 2.75) is 20.0 Å². The summed E-state index contributed by atoms with van der Waals surface area (Å²) >= 11 is 1.50. The molecule has 0 aliphatic heterocycles. The van der Waals surface area contributed by atoms with Gasteiger partial charge in [-0.15, -0.1) is 11.3 Å². The molecule has 0 spiro atoms. The predicted molar refractivity (Wildman–Crippen MR) is 62.4 cm³/mol. The van der Waals surface area contributed by atoms with E-state index in [1.165, 1.54) is 11.3 Å². The van der Waals surface area contributed by atoms with E-state index < -0.39 is 0 Å². The van der Waals surface area contributed by atoms with Gasteiger partial charge in [0.1, 0.15) is 0 Å². The first kappa shape index (κ1) is 10.3. The van der Waals surface area contributed by atoms with Crippen molar-refractivity contribution in [1.29, 1.82) is 0 Å². The van der Waals surface area contributed by atoms with E-state index >= 15 is 0 Å². The zero-order valence-electron chi connectivity index (χ0n) is 8.49. The second-order valence-electron chi connectivity index (χ2n) is 3.42. The van der Waals surface area contributed by atoms with Gasteiger partial charge in [0.05, 0.1) is 11.5 Å². The fraction of sp³-hybridized carbons (Fsp3) is 0.250. The number of ketones is 1.